The lowest BCUT2D eigenvalue weighted by molar-refractivity contribution is -0.145. The highest BCUT2D eigenvalue weighted by atomic mass is 79.9. The highest BCUT2D eigenvalue weighted by Gasteiger charge is 2.59. The van der Waals surface area contributed by atoms with Gasteiger partial charge < -0.3 is 19.3 Å². The molecule has 6 rings (SSSR count). The third kappa shape index (κ3) is 3.89. The van der Waals surface area contributed by atoms with E-state index in [0.717, 1.165) is 32.6 Å². The minimum absolute atomic E-state index is 0.00880. The van der Waals surface area contributed by atoms with E-state index < -0.39 is 0 Å². The standard InChI is InChI=1S/C13H13BrO3.C11H11BrO2/c1-2-16-13(15)12-9-6-17-10-4-3-7(14)5-8(10)11(9)12;12-6-1-2-10-7(3-6)11-8(4-13)9(11)5-14-10/h3-5,9,11-12H,2,6H2,1H3;1-3,8-9,11,13H,4-5H2/t9-,11+,12+;8-,9-,11+/m01/s1. The van der Waals surface area contributed by atoms with E-state index in [0.29, 0.717) is 36.9 Å². The van der Waals surface area contributed by atoms with E-state index in [9.17, 15) is 4.79 Å². The predicted molar refractivity (Wildman–Crippen MR) is 122 cm³/mol. The first kappa shape index (κ1) is 21.3. The van der Waals surface area contributed by atoms with Crippen LogP contribution in [0.5, 0.6) is 11.5 Å². The molecular weight excluding hydrogens is 528 g/mol. The van der Waals surface area contributed by atoms with Crippen LogP contribution in [0.25, 0.3) is 0 Å². The van der Waals surface area contributed by atoms with E-state index in [2.05, 4.69) is 37.9 Å². The van der Waals surface area contributed by atoms with Gasteiger partial charge in [-0.25, -0.2) is 0 Å². The minimum Gasteiger partial charge on any atom is -0.493 e. The summed E-state index contributed by atoms with van der Waals surface area (Å²) in [5.74, 6) is 3.89. The van der Waals surface area contributed by atoms with Crippen molar-refractivity contribution >= 4 is 37.8 Å². The molecule has 1 N–H and O–H groups in total. The van der Waals surface area contributed by atoms with Gasteiger partial charge in [0.15, 0.2) is 0 Å². The fourth-order valence-electron chi connectivity index (χ4n) is 5.14. The van der Waals surface area contributed by atoms with Gasteiger partial charge in [0.25, 0.3) is 0 Å². The summed E-state index contributed by atoms with van der Waals surface area (Å²) in [6.07, 6.45) is 0. The van der Waals surface area contributed by atoms with Crippen LogP contribution in [0.4, 0.5) is 0 Å². The molecule has 2 aromatic carbocycles. The summed E-state index contributed by atoms with van der Waals surface area (Å²) in [5, 5.41) is 9.16. The first-order chi connectivity index (χ1) is 15.0. The van der Waals surface area contributed by atoms with Gasteiger partial charge in [0, 0.05) is 33.3 Å². The molecule has 5 nitrogen and oxygen atoms in total. The van der Waals surface area contributed by atoms with E-state index in [1.165, 1.54) is 5.56 Å². The van der Waals surface area contributed by atoms with Gasteiger partial charge in [-0.05, 0) is 66.3 Å². The number of hydrogen-bond acceptors (Lipinski definition) is 5. The van der Waals surface area contributed by atoms with E-state index in [1.807, 2.05) is 37.3 Å². The van der Waals surface area contributed by atoms with Crippen LogP contribution in [0.2, 0.25) is 0 Å². The zero-order chi connectivity index (χ0) is 21.7. The number of ether oxygens (including phenoxy) is 3. The van der Waals surface area contributed by atoms with Gasteiger partial charge >= 0.3 is 5.97 Å². The Labute approximate surface area is 198 Å². The Hall–Kier alpha value is -1.57. The molecule has 4 aliphatic rings. The molecule has 7 heteroatoms. The fraction of sp³-hybridized carbons (Fsp3) is 0.458. The summed E-state index contributed by atoms with van der Waals surface area (Å²) in [6, 6.07) is 12.1. The molecule has 0 unspecified atom stereocenters. The van der Waals surface area contributed by atoms with Crippen molar-refractivity contribution in [3.63, 3.8) is 0 Å². The average molecular weight is 552 g/mol. The summed E-state index contributed by atoms with van der Waals surface area (Å²) in [5.41, 5.74) is 2.39. The van der Waals surface area contributed by atoms with E-state index >= 15 is 0 Å². The molecule has 2 fully saturated rings. The third-order valence-electron chi connectivity index (χ3n) is 6.79. The summed E-state index contributed by atoms with van der Waals surface area (Å²) in [6.45, 7) is 3.96. The van der Waals surface area contributed by atoms with Crippen LogP contribution in [-0.4, -0.2) is 37.5 Å². The van der Waals surface area contributed by atoms with Crippen LogP contribution in [0, 0.1) is 23.7 Å². The van der Waals surface area contributed by atoms with Gasteiger partial charge in [0.05, 0.1) is 25.7 Å². The number of hydrogen-bond donors (Lipinski definition) is 1. The fourth-order valence-corrected chi connectivity index (χ4v) is 5.90. The van der Waals surface area contributed by atoms with Crippen molar-refractivity contribution in [2.45, 2.75) is 18.8 Å². The number of aliphatic hydroxyl groups excluding tert-OH is 1. The lowest BCUT2D eigenvalue weighted by atomic mass is 10.1. The topological polar surface area (TPSA) is 65.0 Å². The van der Waals surface area contributed by atoms with Crippen molar-refractivity contribution in [2.75, 3.05) is 26.4 Å². The predicted octanol–water partition coefficient (Wildman–Crippen LogP) is 4.90. The second-order valence-electron chi connectivity index (χ2n) is 8.49. The van der Waals surface area contributed by atoms with Crippen molar-refractivity contribution in [2.24, 2.45) is 23.7 Å². The van der Waals surface area contributed by atoms with Gasteiger partial charge in [-0.2, -0.15) is 0 Å². The van der Waals surface area contributed by atoms with Crippen molar-refractivity contribution in [3.8, 4) is 11.5 Å². The third-order valence-corrected chi connectivity index (χ3v) is 7.78. The molecule has 2 heterocycles. The molecule has 164 valence electrons. The Morgan fingerprint density at radius 1 is 1.00 bits per heavy atom. The summed E-state index contributed by atoms with van der Waals surface area (Å²) in [7, 11) is 0. The second kappa shape index (κ2) is 8.41. The number of esters is 1. The second-order valence-corrected chi connectivity index (χ2v) is 10.3. The monoisotopic (exact) mass is 550 g/mol. The van der Waals surface area contributed by atoms with Crippen molar-refractivity contribution < 1.29 is 24.1 Å². The molecule has 0 saturated heterocycles. The smallest absolute Gasteiger partial charge is 0.309 e. The molecule has 2 aliphatic carbocycles. The maximum atomic E-state index is 11.8. The number of carbonyl (C=O) groups is 1. The van der Waals surface area contributed by atoms with E-state index in [1.54, 1.807) is 0 Å². The number of fused-ring (bicyclic) bond motifs is 6. The molecule has 2 aromatic rings. The Bertz CT molecular complexity index is 1010. The quantitative estimate of drug-likeness (QED) is 0.550. The van der Waals surface area contributed by atoms with Gasteiger partial charge in [-0.1, -0.05) is 31.9 Å². The highest BCUT2D eigenvalue weighted by Crippen LogP contribution is 2.60. The lowest BCUT2D eigenvalue weighted by Gasteiger charge is -2.16. The molecule has 2 saturated carbocycles. The van der Waals surface area contributed by atoms with E-state index in [-0.39, 0.29) is 24.4 Å². The van der Waals surface area contributed by atoms with Gasteiger partial charge in [0.2, 0.25) is 0 Å². The number of rotatable bonds is 3. The zero-order valence-electron chi connectivity index (χ0n) is 17.1. The molecule has 0 aromatic heterocycles. The van der Waals surface area contributed by atoms with Crippen LogP contribution in [0.3, 0.4) is 0 Å². The van der Waals surface area contributed by atoms with Crippen molar-refractivity contribution in [3.05, 3.63) is 56.5 Å². The minimum atomic E-state index is -0.0843. The molecule has 2 aliphatic heterocycles. The van der Waals surface area contributed by atoms with Crippen molar-refractivity contribution in [1.29, 1.82) is 0 Å². The molecule has 0 bridgehead atoms. The zero-order valence-corrected chi connectivity index (χ0v) is 20.3. The summed E-state index contributed by atoms with van der Waals surface area (Å²) >= 11 is 6.91. The summed E-state index contributed by atoms with van der Waals surface area (Å²) in [4.78, 5) is 11.8. The maximum absolute atomic E-state index is 11.8. The van der Waals surface area contributed by atoms with Crippen LogP contribution >= 0.6 is 31.9 Å². The van der Waals surface area contributed by atoms with Gasteiger partial charge in [-0.15, -0.1) is 0 Å². The number of carbonyl (C=O) groups excluding carboxylic acids is 1. The average Bonchev–Trinajstić information content (AvgIpc) is 3.66. The molecule has 0 amide bonds. The lowest BCUT2D eigenvalue weighted by Crippen LogP contribution is -2.10. The largest absolute Gasteiger partial charge is 0.493 e. The summed E-state index contributed by atoms with van der Waals surface area (Å²) < 4.78 is 18.5. The first-order valence-corrected chi connectivity index (χ1v) is 12.2. The Morgan fingerprint density at radius 2 is 1.58 bits per heavy atom. The van der Waals surface area contributed by atoms with Gasteiger partial charge in [-0.3, -0.25) is 4.79 Å². The molecule has 0 spiro atoms. The number of benzene rings is 2. The molecular formula is C24H24Br2O5. The van der Waals surface area contributed by atoms with Crippen LogP contribution in [-0.2, 0) is 9.53 Å². The Morgan fingerprint density at radius 3 is 2.16 bits per heavy atom. The van der Waals surface area contributed by atoms with Crippen LogP contribution in [0.15, 0.2) is 45.3 Å². The van der Waals surface area contributed by atoms with Gasteiger partial charge in [0.1, 0.15) is 11.5 Å². The number of halogens is 2. The Kier molecular flexibility index (Phi) is 5.78. The van der Waals surface area contributed by atoms with E-state index in [4.69, 9.17) is 19.3 Å². The molecule has 6 atom stereocenters. The normalized spacial score (nSPS) is 30.6. The van der Waals surface area contributed by atoms with Crippen LogP contribution in [0.1, 0.15) is 29.9 Å². The number of aliphatic hydroxyl groups is 1. The first-order valence-electron chi connectivity index (χ1n) is 10.7. The molecule has 31 heavy (non-hydrogen) atoms. The van der Waals surface area contributed by atoms with Crippen molar-refractivity contribution in [1.82, 2.24) is 0 Å². The van der Waals surface area contributed by atoms with Crippen LogP contribution < -0.4 is 9.47 Å². The SMILES string of the molecule is CCOC(=O)[C@@H]1[C@H]2COc3ccc(Br)cc3[C@H]21.OC[C@@H]1[C@H]2COc3ccc(Br)cc3[C@@H]12. The maximum Gasteiger partial charge on any atom is 0.309 e. The highest BCUT2D eigenvalue weighted by molar-refractivity contribution is 9.10. The molecule has 0 radical (unpaired) electrons. The Balaban J connectivity index is 0.000000134.